The van der Waals surface area contributed by atoms with Crippen LogP contribution in [0.5, 0.6) is 5.75 Å². The van der Waals surface area contributed by atoms with Gasteiger partial charge in [-0.2, -0.15) is 13.2 Å². The van der Waals surface area contributed by atoms with Crippen molar-refractivity contribution < 1.29 is 22.7 Å². The first kappa shape index (κ1) is 21.7. The number of allylic oxidation sites excluding steroid dienone is 1. The molecule has 0 heterocycles. The molecule has 4 nitrogen and oxygen atoms in total. The first-order chi connectivity index (χ1) is 15.3. The van der Waals surface area contributed by atoms with E-state index in [9.17, 15) is 18.0 Å². The predicted octanol–water partition coefficient (Wildman–Crippen LogP) is 6.15. The number of carbonyl (C=O) groups excluding carboxylic acids is 1. The van der Waals surface area contributed by atoms with Crippen LogP contribution in [0.15, 0.2) is 72.4 Å². The summed E-state index contributed by atoms with van der Waals surface area (Å²) in [6.07, 6.45) is -0.278. The molecule has 2 N–H and O–H groups in total. The molecule has 0 aliphatic heterocycles. The number of benzene rings is 3. The molecule has 4 rings (SSSR count). The maximum atomic E-state index is 13.4. The lowest BCUT2D eigenvalue weighted by atomic mass is 9.98. The van der Waals surface area contributed by atoms with E-state index in [2.05, 4.69) is 10.6 Å². The number of ether oxygens (including phenoxy) is 1. The summed E-state index contributed by atoms with van der Waals surface area (Å²) in [6.45, 7) is 0. The zero-order valence-corrected chi connectivity index (χ0v) is 17.5. The lowest BCUT2D eigenvalue weighted by molar-refractivity contribution is -0.137. The highest BCUT2D eigenvalue weighted by Gasteiger charge is 2.31. The molecule has 0 saturated carbocycles. The van der Waals surface area contributed by atoms with Crippen LogP contribution < -0.4 is 15.4 Å². The molecule has 1 aliphatic carbocycles. The molecule has 0 radical (unpaired) electrons. The number of nitrogens with one attached hydrogen (secondary N) is 2. The number of hydrogen-bond donors (Lipinski definition) is 2. The molecular weight excluding hydrogens is 417 g/mol. The van der Waals surface area contributed by atoms with Gasteiger partial charge in [0.1, 0.15) is 5.75 Å². The van der Waals surface area contributed by atoms with Gasteiger partial charge in [-0.3, -0.25) is 4.79 Å². The lowest BCUT2D eigenvalue weighted by Gasteiger charge is -2.25. The molecule has 1 atom stereocenters. The monoisotopic (exact) mass is 440 g/mol. The molecular formula is C25H23F3N2O2. The standard InChI is InChI=1S/C25H23F3N2O2/c1-32-21-11-9-16(10-12-21)24(31)30-20-7-4-6-19(15-20)29-23-14-18(25(26,27)28)13-17-5-2-3-8-22(17)23/h2-3,5,8-15,19,29H,4,6-7H2,1H3,(H,30,31)/t19-/m0/s1. The number of anilines is 1. The van der Waals surface area contributed by atoms with E-state index in [4.69, 9.17) is 4.74 Å². The Morgan fingerprint density at radius 1 is 1.06 bits per heavy atom. The SMILES string of the molecule is COc1ccc(C(=O)NC2=C[C@@H](Nc3cc(C(F)(F)F)cc4ccccc34)CCC2)cc1. The Morgan fingerprint density at radius 2 is 1.81 bits per heavy atom. The van der Waals surface area contributed by atoms with E-state index >= 15 is 0 Å². The normalized spacial score (nSPS) is 16.4. The number of fused-ring (bicyclic) bond motifs is 1. The summed E-state index contributed by atoms with van der Waals surface area (Å²) in [5.41, 5.74) is 1.00. The summed E-state index contributed by atoms with van der Waals surface area (Å²) in [5.74, 6) is 0.431. The largest absolute Gasteiger partial charge is 0.497 e. The smallest absolute Gasteiger partial charge is 0.416 e. The molecule has 3 aromatic carbocycles. The van der Waals surface area contributed by atoms with Crippen LogP contribution in [0.2, 0.25) is 0 Å². The fraction of sp³-hybridized carbons (Fsp3) is 0.240. The maximum Gasteiger partial charge on any atom is 0.416 e. The number of halogens is 3. The van der Waals surface area contributed by atoms with Gasteiger partial charge in [-0.05, 0) is 67.1 Å². The third-order valence-corrected chi connectivity index (χ3v) is 5.52. The van der Waals surface area contributed by atoms with Gasteiger partial charge < -0.3 is 15.4 Å². The number of alkyl halides is 3. The fourth-order valence-electron chi connectivity index (χ4n) is 3.89. The summed E-state index contributed by atoms with van der Waals surface area (Å²) < 4.78 is 45.3. The van der Waals surface area contributed by atoms with Crippen LogP contribution in [-0.4, -0.2) is 19.1 Å². The Labute approximate surface area is 184 Å². The van der Waals surface area contributed by atoms with Gasteiger partial charge in [0.2, 0.25) is 0 Å². The zero-order valence-electron chi connectivity index (χ0n) is 17.5. The average Bonchev–Trinajstić information content (AvgIpc) is 2.78. The molecule has 32 heavy (non-hydrogen) atoms. The topological polar surface area (TPSA) is 50.4 Å². The highest BCUT2D eigenvalue weighted by Crippen LogP contribution is 2.36. The van der Waals surface area contributed by atoms with E-state index in [0.29, 0.717) is 28.8 Å². The number of methoxy groups -OCH3 is 1. The summed E-state index contributed by atoms with van der Waals surface area (Å²) in [6, 6.07) is 15.9. The quantitative estimate of drug-likeness (QED) is 0.501. The first-order valence-corrected chi connectivity index (χ1v) is 10.4. The van der Waals surface area contributed by atoms with E-state index < -0.39 is 11.7 Å². The summed E-state index contributed by atoms with van der Waals surface area (Å²) in [7, 11) is 1.56. The van der Waals surface area contributed by atoms with Gasteiger partial charge in [0, 0.05) is 28.4 Å². The van der Waals surface area contributed by atoms with Crippen LogP contribution in [0.4, 0.5) is 18.9 Å². The van der Waals surface area contributed by atoms with Crippen molar-refractivity contribution in [1.82, 2.24) is 5.32 Å². The molecule has 166 valence electrons. The van der Waals surface area contributed by atoms with E-state index in [1.807, 2.05) is 6.08 Å². The Kier molecular flexibility index (Phi) is 6.08. The zero-order chi connectivity index (χ0) is 22.7. The lowest BCUT2D eigenvalue weighted by Crippen LogP contribution is -2.29. The van der Waals surface area contributed by atoms with Gasteiger partial charge in [-0.25, -0.2) is 0 Å². The van der Waals surface area contributed by atoms with E-state index in [-0.39, 0.29) is 11.9 Å². The summed E-state index contributed by atoms with van der Waals surface area (Å²) >= 11 is 0. The van der Waals surface area contributed by atoms with Gasteiger partial charge in [0.05, 0.1) is 12.7 Å². The van der Waals surface area contributed by atoms with Gasteiger partial charge in [-0.15, -0.1) is 0 Å². The van der Waals surface area contributed by atoms with Gasteiger partial charge >= 0.3 is 6.18 Å². The van der Waals surface area contributed by atoms with Crippen LogP contribution in [-0.2, 0) is 6.18 Å². The Hall–Kier alpha value is -3.48. The van der Waals surface area contributed by atoms with Gasteiger partial charge in [0.15, 0.2) is 0 Å². The minimum absolute atomic E-state index is 0.193. The first-order valence-electron chi connectivity index (χ1n) is 10.4. The number of amides is 1. The Bertz CT molecular complexity index is 1150. The van der Waals surface area contributed by atoms with Crippen molar-refractivity contribution >= 4 is 22.4 Å². The molecule has 1 aliphatic rings. The number of carbonyl (C=O) groups is 1. The second-order valence-electron chi connectivity index (χ2n) is 7.76. The molecule has 0 spiro atoms. The van der Waals surface area contributed by atoms with Crippen LogP contribution in [0, 0.1) is 0 Å². The highest BCUT2D eigenvalue weighted by atomic mass is 19.4. The van der Waals surface area contributed by atoms with Crippen molar-refractivity contribution in [2.24, 2.45) is 0 Å². The molecule has 0 unspecified atom stereocenters. The predicted molar refractivity (Wildman–Crippen MR) is 119 cm³/mol. The molecule has 0 aromatic heterocycles. The minimum Gasteiger partial charge on any atom is -0.497 e. The molecule has 0 fully saturated rings. The van der Waals surface area contributed by atoms with Gasteiger partial charge in [0.25, 0.3) is 5.91 Å². The summed E-state index contributed by atoms with van der Waals surface area (Å²) in [5, 5.41) is 7.42. The fourth-order valence-corrected chi connectivity index (χ4v) is 3.89. The van der Waals surface area contributed by atoms with Crippen molar-refractivity contribution in [3.8, 4) is 5.75 Å². The molecule has 7 heteroatoms. The third kappa shape index (κ3) is 4.88. The van der Waals surface area contributed by atoms with E-state index in [1.54, 1.807) is 55.6 Å². The van der Waals surface area contributed by atoms with Crippen molar-refractivity contribution in [3.05, 3.63) is 83.6 Å². The Morgan fingerprint density at radius 3 is 2.53 bits per heavy atom. The minimum atomic E-state index is -4.43. The van der Waals surface area contributed by atoms with Gasteiger partial charge in [-0.1, -0.05) is 24.3 Å². The second kappa shape index (κ2) is 8.94. The van der Waals surface area contributed by atoms with E-state index in [0.717, 1.165) is 36.1 Å². The van der Waals surface area contributed by atoms with Crippen LogP contribution in [0.3, 0.4) is 0 Å². The van der Waals surface area contributed by atoms with Crippen LogP contribution in [0.1, 0.15) is 35.2 Å². The number of hydrogen-bond acceptors (Lipinski definition) is 3. The van der Waals surface area contributed by atoms with Crippen molar-refractivity contribution in [2.45, 2.75) is 31.5 Å². The summed E-state index contributed by atoms with van der Waals surface area (Å²) in [4.78, 5) is 12.6. The number of rotatable bonds is 5. The molecule has 0 saturated heterocycles. The molecule has 0 bridgehead atoms. The van der Waals surface area contributed by atoms with Crippen LogP contribution in [0.25, 0.3) is 10.8 Å². The highest BCUT2D eigenvalue weighted by molar-refractivity contribution is 5.96. The molecule has 3 aromatic rings. The van der Waals surface area contributed by atoms with Crippen molar-refractivity contribution in [3.63, 3.8) is 0 Å². The van der Waals surface area contributed by atoms with E-state index in [1.165, 1.54) is 0 Å². The molecule has 1 amide bonds. The third-order valence-electron chi connectivity index (χ3n) is 5.52. The average molecular weight is 440 g/mol. The van der Waals surface area contributed by atoms with Crippen molar-refractivity contribution in [2.75, 3.05) is 12.4 Å². The Balaban J connectivity index is 1.55. The van der Waals surface area contributed by atoms with Crippen LogP contribution >= 0.6 is 0 Å². The van der Waals surface area contributed by atoms with Crippen molar-refractivity contribution in [1.29, 1.82) is 0 Å². The maximum absolute atomic E-state index is 13.4. The second-order valence-corrected chi connectivity index (χ2v) is 7.76.